The molecule has 21 heavy (non-hydrogen) atoms. The standard InChI is InChI=1S/C14H23N3O3S/c1-15-14(12-8-13(20-2)17-9-16-12)10-5-4-6-11(7-10)21(3,18)19/h8-11,14-15H,4-7H2,1-3H3. The highest BCUT2D eigenvalue weighted by atomic mass is 32.2. The van der Waals surface area contributed by atoms with Crippen molar-refractivity contribution in [2.24, 2.45) is 5.92 Å². The quantitative estimate of drug-likeness (QED) is 0.884. The molecule has 0 bridgehead atoms. The summed E-state index contributed by atoms with van der Waals surface area (Å²) in [7, 11) is 0.468. The number of ether oxygens (including phenoxy) is 1. The lowest BCUT2D eigenvalue weighted by Crippen LogP contribution is -2.34. The highest BCUT2D eigenvalue weighted by Gasteiger charge is 2.33. The molecule has 0 saturated heterocycles. The Bertz CT molecular complexity index is 577. The Morgan fingerprint density at radius 1 is 1.38 bits per heavy atom. The SMILES string of the molecule is CNC(c1cc(OC)ncn1)C1CCCC(S(C)(=O)=O)C1. The average Bonchev–Trinajstić information content (AvgIpc) is 2.48. The van der Waals surface area contributed by atoms with Crippen LogP contribution in [0.2, 0.25) is 0 Å². The molecule has 3 atom stereocenters. The van der Waals surface area contributed by atoms with Gasteiger partial charge >= 0.3 is 0 Å². The van der Waals surface area contributed by atoms with Crippen LogP contribution in [-0.4, -0.2) is 44.0 Å². The summed E-state index contributed by atoms with van der Waals surface area (Å²) < 4.78 is 28.8. The number of aromatic nitrogens is 2. The summed E-state index contributed by atoms with van der Waals surface area (Å²) in [5.41, 5.74) is 0.850. The largest absolute Gasteiger partial charge is 0.481 e. The Morgan fingerprint density at radius 2 is 2.14 bits per heavy atom. The number of rotatable bonds is 5. The van der Waals surface area contributed by atoms with Crippen LogP contribution in [0.15, 0.2) is 12.4 Å². The Kier molecular flexibility index (Phi) is 5.16. The van der Waals surface area contributed by atoms with Crippen LogP contribution in [0, 0.1) is 5.92 Å². The molecule has 118 valence electrons. The van der Waals surface area contributed by atoms with Crippen molar-refractivity contribution in [3.63, 3.8) is 0 Å². The van der Waals surface area contributed by atoms with E-state index in [0.717, 1.165) is 25.0 Å². The van der Waals surface area contributed by atoms with E-state index in [1.54, 1.807) is 7.11 Å². The molecule has 1 N–H and O–H groups in total. The summed E-state index contributed by atoms with van der Waals surface area (Å²) in [6.45, 7) is 0. The van der Waals surface area contributed by atoms with Gasteiger partial charge in [-0.05, 0) is 32.2 Å². The molecule has 1 saturated carbocycles. The number of sulfone groups is 1. The van der Waals surface area contributed by atoms with Gasteiger partial charge in [0.1, 0.15) is 16.2 Å². The lowest BCUT2D eigenvalue weighted by atomic mass is 9.82. The minimum atomic E-state index is -2.98. The lowest BCUT2D eigenvalue weighted by Gasteiger charge is -2.33. The molecule has 3 unspecified atom stereocenters. The Labute approximate surface area is 126 Å². The maximum absolute atomic E-state index is 11.8. The van der Waals surface area contributed by atoms with Crippen LogP contribution >= 0.6 is 0 Å². The number of hydrogen-bond acceptors (Lipinski definition) is 6. The smallest absolute Gasteiger partial charge is 0.216 e. The van der Waals surface area contributed by atoms with Gasteiger partial charge in [0.15, 0.2) is 0 Å². The zero-order valence-electron chi connectivity index (χ0n) is 12.7. The van der Waals surface area contributed by atoms with Gasteiger partial charge in [0.25, 0.3) is 0 Å². The maximum Gasteiger partial charge on any atom is 0.216 e. The molecule has 6 nitrogen and oxygen atoms in total. The van der Waals surface area contributed by atoms with Gasteiger partial charge in [0.05, 0.1) is 24.1 Å². The molecule has 0 radical (unpaired) electrons. The predicted octanol–water partition coefficient (Wildman–Crippen LogP) is 1.35. The van der Waals surface area contributed by atoms with Gasteiger partial charge in [-0.1, -0.05) is 6.42 Å². The summed E-state index contributed by atoms with van der Waals surface area (Å²) in [6.07, 6.45) is 6.19. The van der Waals surface area contributed by atoms with Crippen molar-refractivity contribution in [3.8, 4) is 5.88 Å². The molecule has 1 fully saturated rings. The van der Waals surface area contributed by atoms with Crippen molar-refractivity contribution >= 4 is 9.84 Å². The van der Waals surface area contributed by atoms with Crippen molar-refractivity contribution in [3.05, 3.63) is 18.1 Å². The third-order valence-electron chi connectivity index (χ3n) is 4.25. The van der Waals surface area contributed by atoms with E-state index < -0.39 is 9.84 Å². The van der Waals surface area contributed by atoms with Crippen LogP contribution in [0.5, 0.6) is 5.88 Å². The van der Waals surface area contributed by atoms with Crippen LogP contribution in [0.3, 0.4) is 0 Å². The van der Waals surface area contributed by atoms with Crippen LogP contribution in [0.25, 0.3) is 0 Å². The van der Waals surface area contributed by atoms with Gasteiger partial charge in [0.2, 0.25) is 5.88 Å². The number of nitrogens with zero attached hydrogens (tertiary/aromatic N) is 2. The van der Waals surface area contributed by atoms with Crippen molar-refractivity contribution in [2.45, 2.75) is 37.0 Å². The lowest BCUT2D eigenvalue weighted by molar-refractivity contribution is 0.277. The molecule has 1 aliphatic rings. The third-order valence-corrected chi connectivity index (χ3v) is 5.88. The van der Waals surface area contributed by atoms with Crippen LogP contribution in [0.4, 0.5) is 0 Å². The van der Waals surface area contributed by atoms with Crippen molar-refractivity contribution in [1.82, 2.24) is 15.3 Å². The zero-order chi connectivity index (χ0) is 15.5. The highest BCUT2D eigenvalue weighted by Crippen LogP contribution is 2.36. The molecule has 0 aliphatic heterocycles. The second-order valence-corrected chi connectivity index (χ2v) is 7.96. The fourth-order valence-electron chi connectivity index (χ4n) is 3.13. The average molecular weight is 313 g/mol. The van der Waals surface area contributed by atoms with Gasteiger partial charge in [-0.3, -0.25) is 0 Å². The second-order valence-electron chi connectivity index (χ2n) is 5.63. The van der Waals surface area contributed by atoms with Crippen molar-refractivity contribution in [2.75, 3.05) is 20.4 Å². The van der Waals surface area contributed by atoms with E-state index in [0.29, 0.717) is 12.3 Å². The van der Waals surface area contributed by atoms with E-state index in [4.69, 9.17) is 4.74 Å². The molecular formula is C14H23N3O3S. The first-order valence-electron chi connectivity index (χ1n) is 7.17. The van der Waals surface area contributed by atoms with E-state index in [1.165, 1.54) is 12.6 Å². The maximum atomic E-state index is 11.8. The normalized spacial score (nSPS) is 24.5. The molecule has 0 spiro atoms. The van der Waals surface area contributed by atoms with E-state index in [2.05, 4.69) is 15.3 Å². The molecule has 7 heteroatoms. The first-order chi connectivity index (χ1) is 9.95. The topological polar surface area (TPSA) is 81.2 Å². The molecule has 2 rings (SSSR count). The van der Waals surface area contributed by atoms with Crippen molar-refractivity contribution in [1.29, 1.82) is 0 Å². The fourth-order valence-corrected chi connectivity index (χ4v) is 4.32. The highest BCUT2D eigenvalue weighted by molar-refractivity contribution is 7.91. The van der Waals surface area contributed by atoms with Crippen molar-refractivity contribution < 1.29 is 13.2 Å². The van der Waals surface area contributed by atoms with Gasteiger partial charge in [-0.25, -0.2) is 18.4 Å². The van der Waals surface area contributed by atoms with E-state index in [-0.39, 0.29) is 17.2 Å². The Hall–Kier alpha value is -1.21. The summed E-state index contributed by atoms with van der Waals surface area (Å²) in [6, 6.07) is 1.83. The van der Waals surface area contributed by atoms with Gasteiger partial charge in [0, 0.05) is 12.3 Å². The number of hydrogen-bond donors (Lipinski definition) is 1. The van der Waals surface area contributed by atoms with Crippen LogP contribution in [0.1, 0.15) is 37.4 Å². The number of nitrogens with one attached hydrogen (secondary N) is 1. The second kappa shape index (κ2) is 6.70. The monoisotopic (exact) mass is 313 g/mol. The van der Waals surface area contributed by atoms with Crippen LogP contribution < -0.4 is 10.1 Å². The van der Waals surface area contributed by atoms with Gasteiger partial charge in [-0.15, -0.1) is 0 Å². The minimum Gasteiger partial charge on any atom is -0.481 e. The summed E-state index contributed by atoms with van der Waals surface area (Å²) in [5, 5.41) is 3.03. The molecular weight excluding hydrogens is 290 g/mol. The zero-order valence-corrected chi connectivity index (χ0v) is 13.6. The predicted molar refractivity (Wildman–Crippen MR) is 81.0 cm³/mol. The molecule has 1 aromatic heterocycles. The first-order valence-corrected chi connectivity index (χ1v) is 9.13. The summed E-state index contributed by atoms with van der Waals surface area (Å²) in [4.78, 5) is 8.33. The Morgan fingerprint density at radius 3 is 2.76 bits per heavy atom. The van der Waals surface area contributed by atoms with Crippen LogP contribution in [-0.2, 0) is 9.84 Å². The van der Waals surface area contributed by atoms with E-state index >= 15 is 0 Å². The Balaban J connectivity index is 2.20. The number of methoxy groups -OCH3 is 1. The molecule has 1 heterocycles. The van der Waals surface area contributed by atoms with Gasteiger partial charge in [-0.2, -0.15) is 0 Å². The molecule has 1 aromatic rings. The van der Waals surface area contributed by atoms with Gasteiger partial charge < -0.3 is 10.1 Å². The summed E-state index contributed by atoms with van der Waals surface area (Å²) >= 11 is 0. The first kappa shape index (κ1) is 16.2. The minimum absolute atomic E-state index is 0.0199. The molecule has 0 aromatic carbocycles. The third kappa shape index (κ3) is 3.91. The van der Waals surface area contributed by atoms with E-state index in [9.17, 15) is 8.42 Å². The fraction of sp³-hybridized carbons (Fsp3) is 0.714. The van der Waals surface area contributed by atoms with E-state index in [1.807, 2.05) is 13.1 Å². The molecule has 1 aliphatic carbocycles. The summed E-state index contributed by atoms with van der Waals surface area (Å²) in [5.74, 6) is 0.777. The molecule has 0 amide bonds.